The van der Waals surface area contributed by atoms with Crippen molar-refractivity contribution in [3.63, 3.8) is 0 Å². The van der Waals surface area contributed by atoms with Crippen molar-refractivity contribution in [1.82, 2.24) is 4.72 Å². The lowest BCUT2D eigenvalue weighted by molar-refractivity contribution is -0.142. The lowest BCUT2D eigenvalue weighted by atomic mass is 10.2. The van der Waals surface area contributed by atoms with Gasteiger partial charge >= 0.3 is 5.97 Å². The first-order chi connectivity index (χ1) is 12.9. The fraction of sp³-hybridized carbons (Fsp3) is 0.250. The minimum Gasteiger partial charge on any atom is -0.490 e. The summed E-state index contributed by atoms with van der Waals surface area (Å²) in [5.41, 5.74) is 2.82. The number of aryl methyl sites for hydroxylation is 2. The molecule has 0 atom stereocenters. The van der Waals surface area contributed by atoms with Crippen LogP contribution in [0.15, 0.2) is 53.9 Å². The summed E-state index contributed by atoms with van der Waals surface area (Å²) in [5, 5.41) is 1.02. The van der Waals surface area contributed by atoms with Crippen LogP contribution in [0, 0.1) is 13.8 Å². The van der Waals surface area contributed by atoms with Gasteiger partial charge in [0.15, 0.2) is 0 Å². The number of ether oxygens (including phenoxy) is 2. The molecule has 0 bridgehead atoms. The zero-order chi connectivity index (χ0) is 19.7. The van der Waals surface area contributed by atoms with Crippen molar-refractivity contribution in [2.24, 2.45) is 0 Å². The SMILES string of the molecule is Cc1ccc(C=CS(=O)(=O)NCC(=O)OCCOc2ccccc2C)cc1. The number of hydrogen-bond donors (Lipinski definition) is 1. The Labute approximate surface area is 159 Å². The third-order valence-electron chi connectivity index (χ3n) is 3.63. The number of benzene rings is 2. The Hall–Kier alpha value is -2.64. The molecule has 7 heteroatoms. The first kappa shape index (κ1) is 20.7. The predicted molar refractivity (Wildman–Crippen MR) is 105 cm³/mol. The average molecular weight is 389 g/mol. The first-order valence-electron chi connectivity index (χ1n) is 8.44. The summed E-state index contributed by atoms with van der Waals surface area (Å²) in [6.07, 6.45) is 1.46. The molecule has 0 aliphatic rings. The molecule has 1 N–H and O–H groups in total. The zero-order valence-corrected chi connectivity index (χ0v) is 16.2. The molecule has 0 saturated carbocycles. The Morgan fingerprint density at radius 3 is 2.44 bits per heavy atom. The average Bonchev–Trinajstić information content (AvgIpc) is 2.65. The van der Waals surface area contributed by atoms with Crippen LogP contribution in [-0.4, -0.2) is 34.1 Å². The number of para-hydroxylation sites is 1. The standard InChI is InChI=1S/C20H23NO5S/c1-16-7-9-18(10-8-16)11-14-27(23,24)21-15-20(22)26-13-12-25-19-6-4-3-5-17(19)2/h3-11,14,21H,12-13,15H2,1-2H3. The number of esters is 1. The van der Waals surface area contributed by atoms with E-state index in [9.17, 15) is 13.2 Å². The lowest BCUT2D eigenvalue weighted by Gasteiger charge is -2.09. The fourth-order valence-corrected chi connectivity index (χ4v) is 2.88. The van der Waals surface area contributed by atoms with Crippen molar-refractivity contribution in [2.75, 3.05) is 19.8 Å². The van der Waals surface area contributed by atoms with Gasteiger partial charge < -0.3 is 9.47 Å². The van der Waals surface area contributed by atoms with Crippen LogP contribution in [0.5, 0.6) is 5.75 Å². The molecule has 0 aromatic heterocycles. The molecule has 6 nitrogen and oxygen atoms in total. The van der Waals surface area contributed by atoms with Gasteiger partial charge in [-0.2, -0.15) is 0 Å². The predicted octanol–water partition coefficient (Wildman–Crippen LogP) is 2.82. The molecule has 0 radical (unpaired) electrons. The Bertz CT molecular complexity index is 889. The highest BCUT2D eigenvalue weighted by Crippen LogP contribution is 2.15. The molecule has 0 heterocycles. The topological polar surface area (TPSA) is 81.7 Å². The van der Waals surface area contributed by atoms with E-state index in [2.05, 4.69) is 4.72 Å². The third-order valence-corrected chi connectivity index (χ3v) is 4.67. The van der Waals surface area contributed by atoms with Gasteiger partial charge in [0.25, 0.3) is 0 Å². The maximum Gasteiger partial charge on any atom is 0.321 e. The van der Waals surface area contributed by atoms with Crippen LogP contribution in [0.1, 0.15) is 16.7 Å². The van der Waals surface area contributed by atoms with Crippen LogP contribution in [0.2, 0.25) is 0 Å². The second-order valence-corrected chi connectivity index (χ2v) is 7.56. The van der Waals surface area contributed by atoms with Crippen molar-refractivity contribution in [1.29, 1.82) is 0 Å². The summed E-state index contributed by atoms with van der Waals surface area (Å²) in [5.74, 6) is 0.0474. The van der Waals surface area contributed by atoms with Crippen LogP contribution in [0.25, 0.3) is 6.08 Å². The molecule has 0 amide bonds. The van der Waals surface area contributed by atoms with Crippen molar-refractivity contribution in [3.8, 4) is 5.75 Å². The molecule has 2 aromatic rings. The van der Waals surface area contributed by atoms with E-state index in [0.29, 0.717) is 0 Å². The van der Waals surface area contributed by atoms with Gasteiger partial charge in [-0.1, -0.05) is 48.0 Å². The monoisotopic (exact) mass is 389 g/mol. The van der Waals surface area contributed by atoms with Gasteiger partial charge in [0.2, 0.25) is 10.0 Å². The largest absolute Gasteiger partial charge is 0.490 e. The number of nitrogens with one attached hydrogen (secondary N) is 1. The molecule has 2 aromatic carbocycles. The molecule has 0 aliphatic carbocycles. The van der Waals surface area contributed by atoms with E-state index in [-0.39, 0.29) is 13.2 Å². The quantitative estimate of drug-likeness (QED) is 0.527. The van der Waals surface area contributed by atoms with Crippen LogP contribution in [-0.2, 0) is 19.6 Å². The normalized spacial score (nSPS) is 11.5. The molecular formula is C20H23NO5S. The van der Waals surface area contributed by atoms with E-state index in [1.54, 1.807) is 0 Å². The van der Waals surface area contributed by atoms with E-state index in [1.165, 1.54) is 6.08 Å². The molecule has 0 saturated heterocycles. The molecule has 144 valence electrons. The van der Waals surface area contributed by atoms with Crippen molar-refractivity contribution in [3.05, 3.63) is 70.6 Å². The minimum atomic E-state index is -3.73. The van der Waals surface area contributed by atoms with E-state index < -0.39 is 22.5 Å². The molecule has 27 heavy (non-hydrogen) atoms. The van der Waals surface area contributed by atoms with Crippen LogP contribution in [0.3, 0.4) is 0 Å². The van der Waals surface area contributed by atoms with E-state index >= 15 is 0 Å². The second-order valence-electron chi connectivity index (χ2n) is 5.91. The molecule has 0 unspecified atom stereocenters. The maximum absolute atomic E-state index is 11.9. The Morgan fingerprint density at radius 2 is 1.74 bits per heavy atom. The summed E-state index contributed by atoms with van der Waals surface area (Å²) in [6, 6.07) is 14.9. The van der Waals surface area contributed by atoms with Gasteiger partial charge in [-0.15, -0.1) is 0 Å². The van der Waals surface area contributed by atoms with Gasteiger partial charge in [-0.3, -0.25) is 4.79 Å². The molecule has 2 rings (SSSR count). The highest BCUT2D eigenvalue weighted by atomic mass is 32.2. The van der Waals surface area contributed by atoms with E-state index in [0.717, 1.165) is 27.8 Å². The Balaban J connectivity index is 1.70. The summed E-state index contributed by atoms with van der Waals surface area (Å²) in [6.45, 7) is 3.65. The molecule has 0 fully saturated rings. The molecular weight excluding hydrogens is 366 g/mol. The van der Waals surface area contributed by atoms with Crippen LogP contribution < -0.4 is 9.46 Å². The summed E-state index contributed by atoms with van der Waals surface area (Å²) < 4.78 is 36.4. The van der Waals surface area contributed by atoms with Crippen LogP contribution in [0.4, 0.5) is 0 Å². The fourth-order valence-electron chi connectivity index (χ4n) is 2.13. The van der Waals surface area contributed by atoms with Crippen molar-refractivity contribution < 1.29 is 22.7 Å². The second kappa shape index (κ2) is 9.89. The first-order valence-corrected chi connectivity index (χ1v) is 9.99. The summed E-state index contributed by atoms with van der Waals surface area (Å²) in [7, 11) is -3.73. The third kappa shape index (κ3) is 7.64. The Morgan fingerprint density at radius 1 is 1.04 bits per heavy atom. The number of rotatable bonds is 9. The van der Waals surface area contributed by atoms with Gasteiger partial charge in [-0.25, -0.2) is 13.1 Å². The number of hydrogen-bond acceptors (Lipinski definition) is 5. The summed E-state index contributed by atoms with van der Waals surface area (Å²) >= 11 is 0. The Kier molecular flexibility index (Phi) is 7.57. The number of carbonyl (C=O) groups is 1. The molecule has 0 spiro atoms. The molecule has 0 aliphatic heterocycles. The van der Waals surface area contributed by atoms with Gasteiger partial charge in [-0.05, 0) is 37.1 Å². The smallest absolute Gasteiger partial charge is 0.321 e. The van der Waals surface area contributed by atoms with Gasteiger partial charge in [0.1, 0.15) is 25.5 Å². The van der Waals surface area contributed by atoms with E-state index in [4.69, 9.17) is 9.47 Å². The lowest BCUT2D eigenvalue weighted by Crippen LogP contribution is -2.30. The highest BCUT2D eigenvalue weighted by Gasteiger charge is 2.10. The van der Waals surface area contributed by atoms with E-state index in [1.807, 2.05) is 62.4 Å². The van der Waals surface area contributed by atoms with Gasteiger partial charge in [0.05, 0.1) is 0 Å². The number of sulfonamides is 1. The van der Waals surface area contributed by atoms with Gasteiger partial charge in [0, 0.05) is 5.41 Å². The maximum atomic E-state index is 11.9. The summed E-state index contributed by atoms with van der Waals surface area (Å²) in [4.78, 5) is 11.7. The minimum absolute atomic E-state index is 0.0358. The van der Waals surface area contributed by atoms with Crippen molar-refractivity contribution in [2.45, 2.75) is 13.8 Å². The highest BCUT2D eigenvalue weighted by molar-refractivity contribution is 7.92. The number of carbonyl (C=O) groups excluding carboxylic acids is 1. The zero-order valence-electron chi connectivity index (χ0n) is 15.3. The van der Waals surface area contributed by atoms with Crippen LogP contribution >= 0.6 is 0 Å². The van der Waals surface area contributed by atoms with Crippen molar-refractivity contribution >= 4 is 22.1 Å².